The molecule has 2 bridgehead atoms. The van der Waals surface area contributed by atoms with Crippen LogP contribution in [0.1, 0.15) is 30.3 Å². The van der Waals surface area contributed by atoms with Crippen LogP contribution in [-0.4, -0.2) is 50.8 Å². The van der Waals surface area contributed by atoms with Crippen LogP contribution in [0.3, 0.4) is 0 Å². The van der Waals surface area contributed by atoms with Crippen molar-refractivity contribution in [1.29, 1.82) is 0 Å². The normalized spacial score (nSPS) is 28.0. The van der Waals surface area contributed by atoms with Crippen molar-refractivity contribution in [2.45, 2.75) is 32.4 Å². The Balaban J connectivity index is 1.39. The molecule has 1 amide bonds. The average Bonchev–Trinajstić information content (AvgIpc) is 3.27. The van der Waals surface area contributed by atoms with Crippen molar-refractivity contribution in [3.05, 3.63) is 23.5 Å². The number of carbonyl (C=O) groups excluding carboxylic acids is 2. The van der Waals surface area contributed by atoms with E-state index in [1.165, 1.54) is 23.2 Å². The van der Waals surface area contributed by atoms with Crippen LogP contribution in [0.5, 0.6) is 0 Å². The molecule has 2 aromatic rings. The second-order valence-electron chi connectivity index (χ2n) is 6.91. The van der Waals surface area contributed by atoms with Crippen molar-refractivity contribution < 1.29 is 14.5 Å². The van der Waals surface area contributed by atoms with Gasteiger partial charge in [-0.25, -0.2) is 9.67 Å². The number of ketones is 1. The molecule has 5 rings (SSSR count). The van der Waals surface area contributed by atoms with Crippen molar-refractivity contribution in [3.63, 3.8) is 0 Å². The topological polar surface area (TPSA) is 94.2 Å². The number of aromatic nitrogens is 4. The lowest BCUT2D eigenvalue weighted by Gasteiger charge is -2.46. The van der Waals surface area contributed by atoms with Crippen LogP contribution in [0, 0.1) is 11.8 Å². The molecule has 2 aromatic heterocycles. The molecule has 132 valence electrons. The molecule has 4 atom stereocenters. The van der Waals surface area contributed by atoms with Gasteiger partial charge in [-0.15, -0.1) is 16.4 Å². The van der Waals surface area contributed by atoms with Gasteiger partial charge in [0.25, 0.3) is 0 Å². The third-order valence-corrected chi connectivity index (χ3v) is 6.05. The molecule has 3 aliphatic heterocycles. The molecule has 3 saturated heterocycles. The summed E-state index contributed by atoms with van der Waals surface area (Å²) in [5.41, 5.74) is 0.409. The van der Waals surface area contributed by atoms with E-state index in [0.29, 0.717) is 22.8 Å². The SMILES string of the molecule is CC(=O)c1cn(C[C@H]2C[C@@H]3CC[NH+]2C[C@@H]3C(=O)Nc2nccs2)nn1. The number of thiazole rings is 1. The van der Waals surface area contributed by atoms with Crippen LogP contribution >= 0.6 is 11.3 Å². The number of anilines is 1. The van der Waals surface area contributed by atoms with Crippen molar-refractivity contribution in [1.82, 2.24) is 20.0 Å². The fourth-order valence-corrected chi connectivity index (χ4v) is 4.61. The van der Waals surface area contributed by atoms with Gasteiger partial charge in [-0.2, -0.15) is 0 Å². The summed E-state index contributed by atoms with van der Waals surface area (Å²) in [5.74, 6) is 0.476. The van der Waals surface area contributed by atoms with Crippen LogP contribution in [0.2, 0.25) is 0 Å². The number of carbonyl (C=O) groups is 2. The lowest BCUT2D eigenvalue weighted by Crippen LogP contribution is -3.20. The molecule has 9 heteroatoms. The first-order valence-electron chi connectivity index (χ1n) is 8.56. The number of rotatable bonds is 5. The van der Waals surface area contributed by atoms with Crippen molar-refractivity contribution in [2.75, 3.05) is 18.4 Å². The minimum Gasteiger partial charge on any atom is -0.330 e. The van der Waals surface area contributed by atoms with Crippen LogP contribution in [0.25, 0.3) is 0 Å². The number of Topliss-reactive ketones (excluding diaryl/α,β-unsaturated/α-hetero) is 1. The Morgan fingerprint density at radius 2 is 2.36 bits per heavy atom. The Kier molecular flexibility index (Phi) is 4.34. The third-order valence-electron chi connectivity index (χ3n) is 5.36. The highest BCUT2D eigenvalue weighted by atomic mass is 32.1. The van der Waals surface area contributed by atoms with E-state index >= 15 is 0 Å². The molecule has 0 spiro atoms. The van der Waals surface area contributed by atoms with Crippen molar-refractivity contribution >= 4 is 28.2 Å². The van der Waals surface area contributed by atoms with E-state index in [0.717, 1.165) is 32.5 Å². The van der Waals surface area contributed by atoms with Gasteiger partial charge < -0.3 is 10.2 Å². The Labute approximate surface area is 149 Å². The Bertz CT molecular complexity index is 773. The van der Waals surface area contributed by atoms with Gasteiger partial charge in [-0.1, -0.05) is 5.21 Å². The summed E-state index contributed by atoms with van der Waals surface area (Å²) in [7, 11) is 0. The fraction of sp³-hybridized carbons (Fsp3) is 0.562. The number of quaternary nitrogens is 1. The minimum atomic E-state index is -0.0667. The third kappa shape index (κ3) is 3.34. The number of hydrogen-bond acceptors (Lipinski definition) is 6. The van der Waals surface area contributed by atoms with Crippen LogP contribution in [-0.2, 0) is 11.3 Å². The number of fused-ring (bicyclic) bond motifs is 3. The summed E-state index contributed by atoms with van der Waals surface area (Å²) >= 11 is 1.45. The van der Waals surface area contributed by atoms with Crippen LogP contribution in [0.15, 0.2) is 17.8 Å². The maximum atomic E-state index is 12.6. The Morgan fingerprint density at radius 3 is 3.00 bits per heavy atom. The van der Waals surface area contributed by atoms with E-state index in [4.69, 9.17) is 0 Å². The standard InChI is InChI=1S/C16H20N6O2S/c1-10(23)14-9-22(20-19-14)7-12-6-11-2-4-21(12)8-13(11)15(24)18-16-17-3-5-25-16/h3,5,9,11-13H,2,4,6-8H2,1H3,(H,17,18,24)/p+1/t11-,12+,13-/m0/s1. The zero-order chi connectivity index (χ0) is 17.4. The summed E-state index contributed by atoms with van der Waals surface area (Å²) in [6.07, 6.45) is 5.50. The number of nitrogens with zero attached hydrogens (tertiary/aromatic N) is 4. The van der Waals surface area contributed by atoms with Gasteiger partial charge in [-0.3, -0.25) is 9.59 Å². The first-order chi connectivity index (χ1) is 12.1. The van der Waals surface area contributed by atoms with Gasteiger partial charge in [0.1, 0.15) is 11.7 Å². The zero-order valence-electron chi connectivity index (χ0n) is 14.0. The zero-order valence-corrected chi connectivity index (χ0v) is 14.8. The average molecular weight is 361 g/mol. The second-order valence-corrected chi connectivity index (χ2v) is 7.80. The fourth-order valence-electron chi connectivity index (χ4n) is 4.08. The maximum Gasteiger partial charge on any atom is 0.235 e. The Morgan fingerprint density at radius 1 is 1.48 bits per heavy atom. The molecule has 0 aliphatic carbocycles. The highest BCUT2D eigenvalue weighted by molar-refractivity contribution is 7.13. The molecule has 25 heavy (non-hydrogen) atoms. The smallest absolute Gasteiger partial charge is 0.235 e. The van der Waals surface area contributed by atoms with E-state index in [2.05, 4.69) is 20.6 Å². The van der Waals surface area contributed by atoms with E-state index in [9.17, 15) is 9.59 Å². The monoisotopic (exact) mass is 361 g/mol. The van der Waals surface area contributed by atoms with E-state index < -0.39 is 0 Å². The van der Waals surface area contributed by atoms with Gasteiger partial charge in [0.15, 0.2) is 10.9 Å². The highest BCUT2D eigenvalue weighted by Crippen LogP contribution is 2.28. The largest absolute Gasteiger partial charge is 0.330 e. The molecule has 3 aliphatic rings. The molecule has 8 nitrogen and oxygen atoms in total. The molecular weight excluding hydrogens is 340 g/mol. The first-order valence-corrected chi connectivity index (χ1v) is 9.44. The number of nitrogens with one attached hydrogen (secondary N) is 2. The highest BCUT2D eigenvalue weighted by Gasteiger charge is 2.46. The molecule has 2 N–H and O–H groups in total. The van der Waals surface area contributed by atoms with Crippen LogP contribution < -0.4 is 10.2 Å². The lowest BCUT2D eigenvalue weighted by molar-refractivity contribution is -0.945. The van der Waals surface area contributed by atoms with E-state index in [1.807, 2.05) is 5.38 Å². The van der Waals surface area contributed by atoms with Crippen molar-refractivity contribution in [3.8, 4) is 0 Å². The van der Waals surface area contributed by atoms with Gasteiger partial charge in [0.2, 0.25) is 5.91 Å². The van der Waals surface area contributed by atoms with Crippen LogP contribution in [0.4, 0.5) is 5.13 Å². The summed E-state index contributed by atoms with van der Waals surface area (Å²) in [6, 6.07) is 0.421. The molecule has 0 radical (unpaired) electrons. The Hall–Kier alpha value is -2.13. The summed E-state index contributed by atoms with van der Waals surface area (Å²) < 4.78 is 1.76. The van der Waals surface area contributed by atoms with E-state index in [-0.39, 0.29) is 17.6 Å². The van der Waals surface area contributed by atoms with E-state index in [1.54, 1.807) is 17.1 Å². The molecule has 0 aromatic carbocycles. The summed E-state index contributed by atoms with van der Waals surface area (Å²) in [5, 5.41) is 13.5. The number of piperidine rings is 3. The molecule has 5 heterocycles. The predicted octanol–water partition coefficient (Wildman–Crippen LogP) is -0.131. The number of amides is 1. The predicted molar refractivity (Wildman–Crippen MR) is 91.5 cm³/mol. The first kappa shape index (κ1) is 16.3. The quantitative estimate of drug-likeness (QED) is 0.724. The molecule has 0 saturated carbocycles. The molecular formula is C16H21N6O2S+. The van der Waals surface area contributed by atoms with Crippen molar-refractivity contribution in [2.24, 2.45) is 11.8 Å². The maximum absolute atomic E-state index is 12.6. The second kappa shape index (κ2) is 6.64. The summed E-state index contributed by atoms with van der Waals surface area (Å²) in [4.78, 5) is 29.5. The van der Waals surface area contributed by atoms with Gasteiger partial charge in [0.05, 0.1) is 31.7 Å². The van der Waals surface area contributed by atoms with Gasteiger partial charge in [-0.05, 0) is 5.92 Å². The van der Waals surface area contributed by atoms with Gasteiger partial charge in [0, 0.05) is 31.3 Å². The molecule has 1 unspecified atom stereocenters. The summed E-state index contributed by atoms with van der Waals surface area (Å²) in [6.45, 7) is 4.18. The number of hydrogen-bond donors (Lipinski definition) is 2. The van der Waals surface area contributed by atoms with Gasteiger partial charge >= 0.3 is 0 Å². The molecule has 3 fully saturated rings. The lowest BCUT2D eigenvalue weighted by atomic mass is 9.75. The minimum absolute atomic E-state index is 0.0485.